The summed E-state index contributed by atoms with van der Waals surface area (Å²) in [5.41, 5.74) is 11.6. The Bertz CT molecular complexity index is 2360. The number of hydrogen-bond donors (Lipinski definition) is 1. The first-order valence-corrected chi connectivity index (χ1v) is 16.9. The summed E-state index contributed by atoms with van der Waals surface area (Å²) in [4.78, 5) is 9.86. The summed E-state index contributed by atoms with van der Waals surface area (Å²) in [6.07, 6.45) is 11.8. The zero-order chi connectivity index (χ0) is 32.6. The van der Waals surface area contributed by atoms with E-state index >= 15 is 0 Å². The number of para-hydroxylation sites is 1. The van der Waals surface area contributed by atoms with Gasteiger partial charge in [0.25, 0.3) is 0 Å². The molecule has 1 aliphatic heterocycles. The molecule has 2 aliphatic rings. The van der Waals surface area contributed by atoms with Crippen molar-refractivity contribution >= 4 is 44.5 Å². The fourth-order valence-electron chi connectivity index (χ4n) is 7.36. The lowest BCUT2D eigenvalue weighted by Gasteiger charge is -2.30. The molecule has 234 valence electrons. The van der Waals surface area contributed by atoms with Crippen LogP contribution in [0.15, 0.2) is 181 Å². The van der Waals surface area contributed by atoms with Crippen molar-refractivity contribution in [2.45, 2.75) is 18.5 Å². The molecule has 3 heterocycles. The van der Waals surface area contributed by atoms with Gasteiger partial charge < -0.3 is 9.88 Å². The lowest BCUT2D eigenvalue weighted by atomic mass is 9.88. The van der Waals surface area contributed by atoms with Crippen LogP contribution in [-0.2, 0) is 0 Å². The molecule has 9 rings (SSSR count). The van der Waals surface area contributed by atoms with E-state index in [1.165, 1.54) is 38.5 Å². The minimum Gasteiger partial charge on any atom is -0.339 e. The van der Waals surface area contributed by atoms with E-state index in [1.54, 1.807) is 0 Å². The molecule has 0 saturated heterocycles. The molecule has 2 atom stereocenters. The maximum Gasteiger partial charge on any atom is 0.133 e. The molecule has 5 aromatic carbocycles. The topological polar surface area (TPSA) is 42.2 Å². The number of nitrogens with zero attached hydrogens (tertiary/aromatic N) is 3. The van der Waals surface area contributed by atoms with E-state index in [0.717, 1.165) is 40.2 Å². The van der Waals surface area contributed by atoms with Gasteiger partial charge in [-0.25, -0.2) is 0 Å². The quantitative estimate of drug-likeness (QED) is 0.199. The van der Waals surface area contributed by atoms with Crippen LogP contribution in [0.2, 0.25) is 0 Å². The van der Waals surface area contributed by atoms with Gasteiger partial charge in [-0.3, -0.25) is 9.98 Å². The van der Waals surface area contributed by atoms with Crippen LogP contribution >= 0.6 is 0 Å². The van der Waals surface area contributed by atoms with Crippen LogP contribution in [0.4, 0.5) is 0 Å². The van der Waals surface area contributed by atoms with Gasteiger partial charge in [0, 0.05) is 33.6 Å². The summed E-state index contributed by atoms with van der Waals surface area (Å²) in [5.74, 6) is 0.868. The van der Waals surface area contributed by atoms with Crippen molar-refractivity contribution < 1.29 is 0 Å². The molecule has 0 saturated carbocycles. The molecule has 0 spiro atoms. The second-order valence-corrected chi connectivity index (χ2v) is 12.6. The van der Waals surface area contributed by atoms with Crippen LogP contribution < -0.4 is 5.32 Å². The summed E-state index contributed by atoms with van der Waals surface area (Å²) in [7, 11) is 0. The minimum atomic E-state index is -0.160. The van der Waals surface area contributed by atoms with Crippen molar-refractivity contribution in [3.05, 3.63) is 204 Å². The van der Waals surface area contributed by atoms with Gasteiger partial charge in [-0.15, -0.1) is 0 Å². The van der Waals surface area contributed by atoms with Crippen molar-refractivity contribution in [2.75, 3.05) is 0 Å². The number of amidine groups is 1. The summed E-state index contributed by atoms with van der Waals surface area (Å²) in [6.45, 7) is 0. The first kappa shape index (κ1) is 28.9. The molecule has 49 heavy (non-hydrogen) atoms. The second-order valence-electron chi connectivity index (χ2n) is 12.6. The minimum absolute atomic E-state index is 0.160. The maximum absolute atomic E-state index is 5.40. The van der Waals surface area contributed by atoms with E-state index < -0.39 is 0 Å². The molecule has 4 nitrogen and oxygen atoms in total. The molecule has 7 aromatic rings. The Kier molecular flexibility index (Phi) is 7.32. The van der Waals surface area contributed by atoms with Crippen molar-refractivity contribution in [3.8, 4) is 0 Å². The maximum atomic E-state index is 5.40. The van der Waals surface area contributed by atoms with Crippen molar-refractivity contribution in [1.29, 1.82) is 0 Å². The average Bonchev–Trinajstić information content (AvgIpc) is 3.53. The SMILES string of the molecule is C1=CC(n2c3ccccc3c3ccncc32)CC=C1c1ccc(C2=NC(c3ccccc3)C(c3ccccc3)=C(c3ccccc3)N2)cc1. The number of rotatable bonds is 6. The number of fused-ring (bicyclic) bond motifs is 3. The third-order valence-electron chi connectivity index (χ3n) is 9.72. The van der Waals surface area contributed by atoms with E-state index in [4.69, 9.17) is 4.99 Å². The lowest BCUT2D eigenvalue weighted by Crippen LogP contribution is -2.30. The van der Waals surface area contributed by atoms with Gasteiger partial charge in [-0.1, -0.05) is 152 Å². The number of aliphatic imine (C=N–C) groups is 1. The Labute approximate surface area is 286 Å². The highest BCUT2D eigenvalue weighted by atomic mass is 15.1. The Hall–Kier alpha value is -6.26. The van der Waals surface area contributed by atoms with Gasteiger partial charge in [-0.2, -0.15) is 0 Å². The predicted octanol–water partition coefficient (Wildman–Crippen LogP) is 10.4. The summed E-state index contributed by atoms with van der Waals surface area (Å²) < 4.78 is 2.43. The normalized spacial score (nSPS) is 17.6. The highest BCUT2D eigenvalue weighted by Gasteiger charge is 2.28. The zero-order valence-corrected chi connectivity index (χ0v) is 26.9. The average molecular weight is 631 g/mol. The van der Waals surface area contributed by atoms with Crippen LogP contribution in [0.5, 0.6) is 0 Å². The van der Waals surface area contributed by atoms with Gasteiger partial charge in [0.1, 0.15) is 11.9 Å². The fourth-order valence-corrected chi connectivity index (χ4v) is 7.36. The molecule has 0 bridgehead atoms. The Morgan fingerprint density at radius 2 is 1.24 bits per heavy atom. The van der Waals surface area contributed by atoms with E-state index in [1.807, 2.05) is 12.4 Å². The molecule has 1 N–H and O–H groups in total. The number of nitrogens with one attached hydrogen (secondary N) is 1. The van der Waals surface area contributed by atoms with Crippen molar-refractivity contribution in [3.63, 3.8) is 0 Å². The summed E-state index contributed by atoms with van der Waals surface area (Å²) in [5, 5.41) is 6.30. The monoisotopic (exact) mass is 630 g/mol. The third-order valence-corrected chi connectivity index (χ3v) is 9.72. The standard InChI is InChI=1S/C45H34N4/c1-4-12-33(13-5-1)42-43(34-14-6-2-7-15-34)47-45(48-44(42)35-16-8-3-9-17-35)36-22-20-31(21-23-36)32-24-26-37(27-25-32)49-40-19-11-10-18-38(40)39-28-29-46-30-41(39)49/h1-26,28-30,37,43H,27H2,(H,47,48). The van der Waals surface area contributed by atoms with Crippen LogP contribution in [0.25, 0.3) is 38.6 Å². The smallest absolute Gasteiger partial charge is 0.133 e. The number of hydrogen-bond acceptors (Lipinski definition) is 3. The predicted molar refractivity (Wildman–Crippen MR) is 203 cm³/mol. The molecule has 2 aromatic heterocycles. The highest BCUT2D eigenvalue weighted by molar-refractivity contribution is 6.11. The second kappa shape index (κ2) is 12.4. The van der Waals surface area contributed by atoms with Gasteiger partial charge in [0.2, 0.25) is 0 Å². The number of aromatic nitrogens is 2. The number of allylic oxidation sites excluding steroid dienone is 4. The molecule has 1 aliphatic carbocycles. The Morgan fingerprint density at radius 3 is 1.98 bits per heavy atom. The van der Waals surface area contributed by atoms with E-state index in [9.17, 15) is 0 Å². The first-order valence-electron chi connectivity index (χ1n) is 16.9. The molecular weight excluding hydrogens is 597 g/mol. The lowest BCUT2D eigenvalue weighted by molar-refractivity contribution is 0.649. The van der Waals surface area contributed by atoms with Crippen LogP contribution in [-0.4, -0.2) is 15.4 Å². The van der Waals surface area contributed by atoms with Crippen LogP contribution in [0.3, 0.4) is 0 Å². The molecule has 4 heteroatoms. The van der Waals surface area contributed by atoms with Gasteiger partial charge in [0.15, 0.2) is 0 Å². The molecule has 0 radical (unpaired) electrons. The number of pyridine rings is 1. The van der Waals surface area contributed by atoms with E-state index in [-0.39, 0.29) is 12.1 Å². The highest BCUT2D eigenvalue weighted by Crippen LogP contribution is 2.41. The van der Waals surface area contributed by atoms with E-state index in [2.05, 4.69) is 179 Å². The molecule has 0 amide bonds. The van der Waals surface area contributed by atoms with Gasteiger partial charge in [-0.05, 0) is 46.4 Å². The van der Waals surface area contributed by atoms with Gasteiger partial charge in [0.05, 0.1) is 23.5 Å². The fraction of sp³-hybridized carbons (Fsp3) is 0.0667. The van der Waals surface area contributed by atoms with Crippen molar-refractivity contribution in [2.24, 2.45) is 4.99 Å². The largest absolute Gasteiger partial charge is 0.339 e. The van der Waals surface area contributed by atoms with E-state index in [0.29, 0.717) is 0 Å². The van der Waals surface area contributed by atoms with Gasteiger partial charge >= 0.3 is 0 Å². The van der Waals surface area contributed by atoms with Crippen LogP contribution in [0, 0.1) is 0 Å². The third kappa shape index (κ3) is 5.28. The molecule has 2 unspecified atom stereocenters. The Balaban J connectivity index is 1.04. The Morgan fingerprint density at radius 1 is 0.592 bits per heavy atom. The first-order chi connectivity index (χ1) is 24.3. The molecular formula is C45H34N4. The molecule has 0 fully saturated rings. The zero-order valence-electron chi connectivity index (χ0n) is 26.9. The van der Waals surface area contributed by atoms with Crippen molar-refractivity contribution in [1.82, 2.24) is 14.9 Å². The van der Waals surface area contributed by atoms with Crippen LogP contribution in [0.1, 0.15) is 46.3 Å². The summed E-state index contributed by atoms with van der Waals surface area (Å²) in [6, 6.07) is 51.5. The number of benzene rings is 5. The summed E-state index contributed by atoms with van der Waals surface area (Å²) >= 11 is 0.